The van der Waals surface area contributed by atoms with Crippen LogP contribution in [0.3, 0.4) is 0 Å². The van der Waals surface area contributed by atoms with E-state index >= 15 is 0 Å². The van der Waals surface area contributed by atoms with E-state index in [9.17, 15) is 8.78 Å². The molecule has 0 saturated heterocycles. The molecular weight excluding hydrogens is 362 g/mol. The first kappa shape index (κ1) is 16.5. The Balaban J connectivity index is 1.81. The lowest BCUT2D eigenvalue weighted by atomic mass is 10.0. The number of nitrogens with zero attached hydrogens (tertiary/aromatic N) is 3. The smallest absolute Gasteiger partial charge is 0.387 e. The molecule has 132 valence electrons. The summed E-state index contributed by atoms with van der Waals surface area (Å²) in [5.41, 5.74) is 2.23. The zero-order chi connectivity index (χ0) is 18.1. The maximum Gasteiger partial charge on any atom is 0.387 e. The molecule has 0 spiro atoms. The molecule has 0 bridgehead atoms. The van der Waals surface area contributed by atoms with Crippen LogP contribution in [0.1, 0.15) is 17.2 Å². The second-order valence-electron chi connectivity index (χ2n) is 5.60. The molecule has 1 atom stereocenters. The molecule has 26 heavy (non-hydrogen) atoms. The fraction of sp³-hybridized carbons (Fsp3) is 0.111. The SMILES string of the molecule is FC(F)Oc1ccccc1[C@@H]1C=C(c2ccc(Cl)cc2)Nc2ncnn21. The van der Waals surface area contributed by atoms with Crippen LogP contribution in [-0.4, -0.2) is 21.4 Å². The summed E-state index contributed by atoms with van der Waals surface area (Å²) < 4.78 is 31.9. The number of alkyl halides is 2. The zero-order valence-corrected chi connectivity index (χ0v) is 14.1. The van der Waals surface area contributed by atoms with E-state index in [1.165, 1.54) is 12.4 Å². The Bertz CT molecular complexity index is 956. The van der Waals surface area contributed by atoms with Crippen molar-refractivity contribution in [2.75, 3.05) is 5.32 Å². The summed E-state index contributed by atoms with van der Waals surface area (Å²) in [6.45, 7) is -2.91. The van der Waals surface area contributed by atoms with Crippen molar-refractivity contribution in [1.29, 1.82) is 0 Å². The molecule has 0 aliphatic carbocycles. The van der Waals surface area contributed by atoms with Crippen LogP contribution in [0, 0.1) is 0 Å². The van der Waals surface area contributed by atoms with E-state index in [-0.39, 0.29) is 5.75 Å². The lowest BCUT2D eigenvalue weighted by Gasteiger charge is -2.25. The Morgan fingerprint density at radius 3 is 2.65 bits per heavy atom. The minimum atomic E-state index is -2.91. The van der Waals surface area contributed by atoms with E-state index in [1.54, 1.807) is 35.0 Å². The number of hydrogen-bond acceptors (Lipinski definition) is 4. The number of fused-ring (bicyclic) bond motifs is 1. The van der Waals surface area contributed by atoms with Gasteiger partial charge in [0.05, 0.1) is 0 Å². The molecule has 1 aliphatic rings. The van der Waals surface area contributed by atoms with E-state index in [0.29, 0.717) is 16.5 Å². The van der Waals surface area contributed by atoms with Crippen LogP contribution in [0.15, 0.2) is 60.9 Å². The highest BCUT2D eigenvalue weighted by Gasteiger charge is 2.26. The lowest BCUT2D eigenvalue weighted by Crippen LogP contribution is -2.21. The van der Waals surface area contributed by atoms with Crippen LogP contribution in [0.5, 0.6) is 5.75 Å². The maximum absolute atomic E-state index is 12.8. The van der Waals surface area contributed by atoms with E-state index in [1.807, 2.05) is 18.2 Å². The fourth-order valence-electron chi connectivity index (χ4n) is 2.88. The van der Waals surface area contributed by atoms with Gasteiger partial charge in [0.1, 0.15) is 18.1 Å². The largest absolute Gasteiger partial charge is 0.434 e. The zero-order valence-electron chi connectivity index (χ0n) is 13.3. The van der Waals surface area contributed by atoms with Crippen LogP contribution in [0.2, 0.25) is 5.02 Å². The number of para-hydroxylation sites is 1. The van der Waals surface area contributed by atoms with Crippen molar-refractivity contribution in [3.8, 4) is 5.75 Å². The number of benzene rings is 2. The highest BCUT2D eigenvalue weighted by atomic mass is 35.5. The number of rotatable bonds is 4. The molecule has 0 amide bonds. The van der Waals surface area contributed by atoms with Crippen molar-refractivity contribution >= 4 is 23.2 Å². The first-order valence-corrected chi connectivity index (χ1v) is 8.17. The summed E-state index contributed by atoms with van der Waals surface area (Å²) in [4.78, 5) is 4.20. The molecule has 1 N–H and O–H groups in total. The fourth-order valence-corrected chi connectivity index (χ4v) is 3.01. The number of anilines is 1. The van der Waals surface area contributed by atoms with Gasteiger partial charge < -0.3 is 10.1 Å². The van der Waals surface area contributed by atoms with Gasteiger partial charge in [-0.3, -0.25) is 0 Å². The van der Waals surface area contributed by atoms with Crippen LogP contribution >= 0.6 is 11.6 Å². The van der Waals surface area contributed by atoms with Gasteiger partial charge >= 0.3 is 6.61 Å². The van der Waals surface area contributed by atoms with E-state index in [4.69, 9.17) is 11.6 Å². The van der Waals surface area contributed by atoms with E-state index in [2.05, 4.69) is 20.1 Å². The maximum atomic E-state index is 12.8. The van der Waals surface area contributed by atoms with Gasteiger partial charge in [-0.2, -0.15) is 18.9 Å². The number of allylic oxidation sites excluding steroid dienone is 1. The molecule has 0 fully saturated rings. The average Bonchev–Trinajstić information content (AvgIpc) is 3.10. The second-order valence-corrected chi connectivity index (χ2v) is 6.04. The van der Waals surface area contributed by atoms with Crippen LogP contribution in [0.4, 0.5) is 14.7 Å². The first-order chi connectivity index (χ1) is 12.6. The third-order valence-corrected chi connectivity index (χ3v) is 4.27. The number of ether oxygens (including phenoxy) is 1. The Morgan fingerprint density at radius 2 is 1.88 bits per heavy atom. The van der Waals surface area contributed by atoms with Gasteiger partial charge in [-0.05, 0) is 29.8 Å². The minimum Gasteiger partial charge on any atom is -0.434 e. The monoisotopic (exact) mass is 374 g/mol. The summed E-state index contributed by atoms with van der Waals surface area (Å²) in [5, 5.41) is 8.03. The molecule has 0 radical (unpaired) electrons. The van der Waals surface area contributed by atoms with Crippen molar-refractivity contribution in [1.82, 2.24) is 14.8 Å². The number of halogens is 3. The van der Waals surface area contributed by atoms with Gasteiger partial charge in [0.2, 0.25) is 5.95 Å². The van der Waals surface area contributed by atoms with Crippen molar-refractivity contribution in [2.24, 2.45) is 0 Å². The molecule has 4 rings (SSSR count). The molecule has 0 saturated carbocycles. The van der Waals surface area contributed by atoms with Crippen molar-refractivity contribution in [2.45, 2.75) is 12.7 Å². The molecule has 3 aromatic rings. The highest BCUT2D eigenvalue weighted by Crippen LogP contribution is 2.36. The van der Waals surface area contributed by atoms with Gasteiger partial charge in [0.25, 0.3) is 0 Å². The highest BCUT2D eigenvalue weighted by molar-refractivity contribution is 6.30. The van der Waals surface area contributed by atoms with Gasteiger partial charge in [-0.25, -0.2) is 4.68 Å². The third-order valence-electron chi connectivity index (χ3n) is 4.02. The first-order valence-electron chi connectivity index (χ1n) is 7.80. The Morgan fingerprint density at radius 1 is 1.12 bits per heavy atom. The van der Waals surface area contributed by atoms with Crippen molar-refractivity contribution in [3.63, 3.8) is 0 Å². The average molecular weight is 375 g/mol. The van der Waals surface area contributed by atoms with Crippen LogP contribution in [-0.2, 0) is 0 Å². The summed E-state index contributed by atoms with van der Waals surface area (Å²) in [7, 11) is 0. The molecule has 2 heterocycles. The molecule has 0 unspecified atom stereocenters. The lowest BCUT2D eigenvalue weighted by molar-refractivity contribution is -0.0506. The quantitative estimate of drug-likeness (QED) is 0.725. The predicted molar refractivity (Wildman–Crippen MR) is 94.3 cm³/mol. The molecule has 8 heteroatoms. The number of nitrogens with one attached hydrogen (secondary N) is 1. The summed E-state index contributed by atoms with van der Waals surface area (Å²) in [5.74, 6) is 0.608. The summed E-state index contributed by atoms with van der Waals surface area (Å²) in [6, 6.07) is 13.5. The molecule has 1 aliphatic heterocycles. The van der Waals surface area contributed by atoms with Crippen molar-refractivity contribution < 1.29 is 13.5 Å². The summed E-state index contributed by atoms with van der Waals surface area (Å²) in [6.07, 6.45) is 3.29. The third kappa shape index (κ3) is 3.13. The summed E-state index contributed by atoms with van der Waals surface area (Å²) >= 11 is 5.95. The Kier molecular flexibility index (Phi) is 4.30. The predicted octanol–water partition coefficient (Wildman–Crippen LogP) is 4.59. The number of aromatic nitrogens is 3. The van der Waals surface area contributed by atoms with Gasteiger partial charge in [-0.15, -0.1) is 0 Å². The minimum absolute atomic E-state index is 0.0996. The standard InChI is InChI=1S/C18H13ClF2N4O/c19-12-7-5-11(6-8-12)14-9-15(25-18(24-14)22-10-23-25)13-3-1-2-4-16(13)26-17(20)21/h1-10,15,17H,(H,22,23,24)/t15-/m0/s1. The number of hydrogen-bond donors (Lipinski definition) is 1. The normalized spacial score (nSPS) is 16.0. The Hall–Kier alpha value is -2.93. The molecular formula is C18H13ClF2N4O. The second kappa shape index (κ2) is 6.76. The van der Waals surface area contributed by atoms with Crippen molar-refractivity contribution in [3.05, 3.63) is 77.1 Å². The van der Waals surface area contributed by atoms with E-state index in [0.717, 1.165) is 11.3 Å². The van der Waals surface area contributed by atoms with Gasteiger partial charge in [-0.1, -0.05) is 41.9 Å². The molecule has 2 aromatic carbocycles. The van der Waals surface area contributed by atoms with Gasteiger partial charge in [0, 0.05) is 16.3 Å². The Labute approximate surface area is 152 Å². The topological polar surface area (TPSA) is 52.0 Å². The molecule has 5 nitrogen and oxygen atoms in total. The van der Waals surface area contributed by atoms with Gasteiger partial charge in [0.15, 0.2) is 0 Å². The van der Waals surface area contributed by atoms with E-state index < -0.39 is 12.7 Å². The van der Waals surface area contributed by atoms with Crippen LogP contribution in [0.25, 0.3) is 5.70 Å². The molecule has 1 aromatic heterocycles. The van der Waals surface area contributed by atoms with Crippen LogP contribution < -0.4 is 10.1 Å².